The highest BCUT2D eigenvalue weighted by atomic mass is 32.1. The zero-order valence-electron chi connectivity index (χ0n) is 9.48. The molecule has 0 unspecified atom stereocenters. The highest BCUT2D eigenvalue weighted by Gasteiger charge is 2.37. The van der Waals surface area contributed by atoms with Crippen LogP contribution in [0, 0.1) is 0 Å². The smallest absolute Gasteiger partial charge is 0.273 e. The lowest BCUT2D eigenvalue weighted by molar-refractivity contribution is 0.0984. The lowest BCUT2D eigenvalue weighted by atomic mass is 9.72. The van der Waals surface area contributed by atoms with Crippen molar-refractivity contribution >= 4 is 11.3 Å². The zero-order chi connectivity index (χ0) is 11.6. The van der Waals surface area contributed by atoms with E-state index in [1.54, 1.807) is 18.4 Å². The molecule has 4 nitrogen and oxygen atoms in total. The van der Waals surface area contributed by atoms with Crippen LogP contribution in [0.1, 0.15) is 30.6 Å². The fraction of sp³-hybridized carbons (Fsp3) is 0.727. The van der Waals surface area contributed by atoms with E-state index in [2.05, 4.69) is 4.98 Å². The summed E-state index contributed by atoms with van der Waals surface area (Å²) in [6.07, 6.45) is 5.25. The van der Waals surface area contributed by atoms with Gasteiger partial charge in [0.2, 0.25) is 0 Å². The van der Waals surface area contributed by atoms with Gasteiger partial charge in [0, 0.05) is 23.0 Å². The third kappa shape index (κ3) is 2.07. The topological polar surface area (TPSA) is 68.4 Å². The largest absolute Gasteiger partial charge is 0.473 e. The van der Waals surface area contributed by atoms with Gasteiger partial charge in [-0.25, -0.2) is 4.98 Å². The molecule has 1 aliphatic rings. The summed E-state index contributed by atoms with van der Waals surface area (Å²) in [5.41, 5.74) is 5.93. The third-order valence-corrected chi connectivity index (χ3v) is 4.69. The Hall–Kier alpha value is -0.650. The molecule has 0 aliphatic heterocycles. The summed E-state index contributed by atoms with van der Waals surface area (Å²) in [6.45, 7) is 0.616. The SMILES string of the molecule is COc1ncc(C2(CN)CCC(O)CC2)s1. The maximum absolute atomic E-state index is 9.56. The van der Waals surface area contributed by atoms with Gasteiger partial charge in [-0.3, -0.25) is 0 Å². The number of aromatic nitrogens is 1. The van der Waals surface area contributed by atoms with Gasteiger partial charge >= 0.3 is 0 Å². The van der Waals surface area contributed by atoms with Crippen LogP contribution in [0.2, 0.25) is 0 Å². The highest BCUT2D eigenvalue weighted by Crippen LogP contribution is 2.42. The molecule has 0 radical (unpaired) electrons. The summed E-state index contributed by atoms with van der Waals surface area (Å²) < 4.78 is 5.11. The van der Waals surface area contributed by atoms with E-state index >= 15 is 0 Å². The van der Waals surface area contributed by atoms with E-state index in [0.717, 1.165) is 25.7 Å². The molecule has 1 fully saturated rings. The molecular weight excluding hydrogens is 224 g/mol. The van der Waals surface area contributed by atoms with E-state index in [9.17, 15) is 5.11 Å². The van der Waals surface area contributed by atoms with Crippen LogP contribution in [-0.4, -0.2) is 29.8 Å². The van der Waals surface area contributed by atoms with Gasteiger partial charge in [0.1, 0.15) is 0 Å². The van der Waals surface area contributed by atoms with Crippen molar-refractivity contribution in [1.29, 1.82) is 0 Å². The van der Waals surface area contributed by atoms with Gasteiger partial charge in [0.15, 0.2) is 0 Å². The fourth-order valence-electron chi connectivity index (χ4n) is 2.30. The Bertz CT molecular complexity index is 346. The van der Waals surface area contributed by atoms with E-state index in [1.165, 1.54) is 4.88 Å². The summed E-state index contributed by atoms with van der Waals surface area (Å²) in [7, 11) is 1.63. The van der Waals surface area contributed by atoms with Gasteiger partial charge in [-0.1, -0.05) is 11.3 Å². The van der Waals surface area contributed by atoms with Crippen LogP contribution < -0.4 is 10.5 Å². The van der Waals surface area contributed by atoms with Gasteiger partial charge in [-0.05, 0) is 25.7 Å². The number of hydrogen-bond acceptors (Lipinski definition) is 5. The molecule has 5 heteroatoms. The van der Waals surface area contributed by atoms with Crippen LogP contribution in [0.3, 0.4) is 0 Å². The van der Waals surface area contributed by atoms with Crippen molar-refractivity contribution in [2.75, 3.05) is 13.7 Å². The second-order valence-electron chi connectivity index (χ2n) is 4.41. The normalized spacial score (nSPS) is 30.3. The first-order valence-corrected chi connectivity index (χ1v) is 6.40. The molecule has 3 N–H and O–H groups in total. The molecule has 1 aromatic heterocycles. The molecule has 0 saturated heterocycles. The average Bonchev–Trinajstić information content (AvgIpc) is 2.80. The molecule has 1 heterocycles. The lowest BCUT2D eigenvalue weighted by Gasteiger charge is -2.36. The Labute approximate surface area is 99.5 Å². The quantitative estimate of drug-likeness (QED) is 0.838. The van der Waals surface area contributed by atoms with Crippen molar-refractivity contribution < 1.29 is 9.84 Å². The van der Waals surface area contributed by atoms with Crippen molar-refractivity contribution in [2.24, 2.45) is 5.73 Å². The van der Waals surface area contributed by atoms with Crippen molar-refractivity contribution in [2.45, 2.75) is 37.2 Å². The van der Waals surface area contributed by atoms with Gasteiger partial charge < -0.3 is 15.6 Å². The van der Waals surface area contributed by atoms with Crippen molar-refractivity contribution in [3.05, 3.63) is 11.1 Å². The van der Waals surface area contributed by atoms with Crippen LogP contribution in [0.4, 0.5) is 0 Å². The maximum atomic E-state index is 9.56. The fourth-order valence-corrected chi connectivity index (χ4v) is 3.29. The number of methoxy groups -OCH3 is 1. The molecule has 0 amide bonds. The molecule has 0 aromatic carbocycles. The first-order valence-electron chi connectivity index (χ1n) is 5.58. The minimum absolute atomic E-state index is 0.00762. The number of aliphatic hydroxyl groups is 1. The maximum Gasteiger partial charge on any atom is 0.273 e. The third-order valence-electron chi connectivity index (χ3n) is 3.48. The summed E-state index contributed by atoms with van der Waals surface area (Å²) in [5, 5.41) is 10.2. The van der Waals surface area contributed by atoms with Crippen molar-refractivity contribution in [3.63, 3.8) is 0 Å². The van der Waals surface area contributed by atoms with Gasteiger partial charge in [-0.2, -0.15) is 0 Å². The number of thiazole rings is 1. The van der Waals surface area contributed by atoms with E-state index < -0.39 is 0 Å². The molecule has 16 heavy (non-hydrogen) atoms. The predicted molar refractivity (Wildman–Crippen MR) is 63.9 cm³/mol. The summed E-state index contributed by atoms with van der Waals surface area (Å²) >= 11 is 1.57. The number of aliphatic hydroxyl groups excluding tert-OH is 1. The molecule has 1 aromatic rings. The van der Waals surface area contributed by atoms with Crippen LogP contribution in [-0.2, 0) is 5.41 Å². The van der Waals surface area contributed by atoms with Gasteiger partial charge in [-0.15, -0.1) is 0 Å². The van der Waals surface area contributed by atoms with Gasteiger partial charge in [0.05, 0.1) is 13.2 Å². The molecule has 90 valence electrons. The minimum atomic E-state index is -0.158. The Balaban J connectivity index is 2.20. The zero-order valence-corrected chi connectivity index (χ0v) is 10.3. The number of nitrogens with two attached hydrogens (primary N) is 1. The highest BCUT2D eigenvalue weighted by molar-refractivity contribution is 7.13. The molecule has 2 rings (SSSR count). The first-order chi connectivity index (χ1) is 7.70. The van der Waals surface area contributed by atoms with E-state index in [1.807, 2.05) is 6.20 Å². The lowest BCUT2D eigenvalue weighted by Crippen LogP contribution is -2.39. The van der Waals surface area contributed by atoms with E-state index in [0.29, 0.717) is 11.7 Å². The molecule has 0 bridgehead atoms. The van der Waals surface area contributed by atoms with Crippen molar-refractivity contribution in [3.8, 4) is 5.19 Å². The van der Waals surface area contributed by atoms with Crippen LogP contribution in [0.15, 0.2) is 6.20 Å². The number of ether oxygens (including phenoxy) is 1. The van der Waals surface area contributed by atoms with E-state index in [-0.39, 0.29) is 11.5 Å². The molecule has 0 spiro atoms. The Morgan fingerprint density at radius 2 is 2.31 bits per heavy atom. The molecule has 1 aliphatic carbocycles. The van der Waals surface area contributed by atoms with Gasteiger partial charge in [0.25, 0.3) is 5.19 Å². The van der Waals surface area contributed by atoms with Crippen molar-refractivity contribution in [1.82, 2.24) is 4.98 Å². The summed E-state index contributed by atoms with van der Waals surface area (Å²) in [6, 6.07) is 0. The minimum Gasteiger partial charge on any atom is -0.473 e. The number of hydrogen-bond donors (Lipinski definition) is 2. The number of rotatable bonds is 3. The first kappa shape index (κ1) is 11.8. The second-order valence-corrected chi connectivity index (χ2v) is 5.40. The standard InChI is InChI=1S/C11H18N2O2S/c1-15-10-13-6-9(16-10)11(7-12)4-2-8(14)3-5-11/h6,8,14H,2-5,7,12H2,1H3. The predicted octanol–water partition coefficient (Wildman–Crippen LogP) is 1.28. The Morgan fingerprint density at radius 3 is 2.81 bits per heavy atom. The van der Waals surface area contributed by atoms with Crippen LogP contribution in [0.25, 0.3) is 0 Å². The second kappa shape index (κ2) is 4.69. The Morgan fingerprint density at radius 1 is 1.62 bits per heavy atom. The summed E-state index contributed by atoms with van der Waals surface area (Å²) in [4.78, 5) is 5.39. The monoisotopic (exact) mass is 242 g/mol. The molecule has 0 atom stereocenters. The van der Waals surface area contributed by atoms with Crippen LogP contribution in [0.5, 0.6) is 5.19 Å². The Kier molecular flexibility index (Phi) is 3.47. The average molecular weight is 242 g/mol. The molecule has 1 saturated carbocycles. The number of nitrogens with zero attached hydrogens (tertiary/aromatic N) is 1. The summed E-state index contributed by atoms with van der Waals surface area (Å²) in [5.74, 6) is 0. The van der Waals surface area contributed by atoms with Crippen LogP contribution >= 0.6 is 11.3 Å². The molecular formula is C11H18N2O2S. The van der Waals surface area contributed by atoms with E-state index in [4.69, 9.17) is 10.5 Å².